The van der Waals surface area contributed by atoms with E-state index in [0.29, 0.717) is 11.3 Å². The van der Waals surface area contributed by atoms with Crippen molar-refractivity contribution in [2.45, 2.75) is 25.2 Å². The van der Waals surface area contributed by atoms with Crippen molar-refractivity contribution in [2.24, 2.45) is 0 Å². The zero-order valence-corrected chi connectivity index (χ0v) is 7.93. The molecule has 1 aromatic rings. The van der Waals surface area contributed by atoms with E-state index in [-0.39, 0.29) is 13.0 Å². The number of benzene rings is 1. The van der Waals surface area contributed by atoms with Crippen molar-refractivity contribution < 1.29 is 13.2 Å². The number of fused-ring (bicyclic) bond motifs is 1. The van der Waals surface area contributed by atoms with Gasteiger partial charge in [0.05, 0.1) is 0 Å². The summed E-state index contributed by atoms with van der Waals surface area (Å²) in [6, 6.07) is 3.64. The van der Waals surface area contributed by atoms with Gasteiger partial charge >= 0.3 is 6.18 Å². The minimum Gasteiger partial charge on any atom is -0.398 e. The van der Waals surface area contributed by atoms with E-state index >= 15 is 0 Å². The van der Waals surface area contributed by atoms with Gasteiger partial charge < -0.3 is 11.1 Å². The van der Waals surface area contributed by atoms with Crippen LogP contribution in [-0.2, 0) is 13.0 Å². The first-order chi connectivity index (χ1) is 6.98. The Labute approximate surface area is 85.3 Å². The Morgan fingerprint density at radius 3 is 2.73 bits per heavy atom. The second kappa shape index (κ2) is 3.41. The second-order valence-electron chi connectivity index (χ2n) is 3.66. The first-order valence-electron chi connectivity index (χ1n) is 4.65. The van der Waals surface area contributed by atoms with E-state index in [9.17, 15) is 13.2 Å². The summed E-state index contributed by atoms with van der Waals surface area (Å²) >= 11 is 0. The molecule has 0 bridgehead atoms. The Morgan fingerprint density at radius 1 is 1.33 bits per heavy atom. The van der Waals surface area contributed by atoms with Gasteiger partial charge in [0.2, 0.25) is 0 Å². The summed E-state index contributed by atoms with van der Waals surface area (Å²) in [6.07, 6.45) is -4.23. The van der Waals surface area contributed by atoms with E-state index in [1.165, 1.54) is 0 Å². The fourth-order valence-corrected chi connectivity index (χ4v) is 1.81. The highest BCUT2D eigenvalue weighted by molar-refractivity contribution is 5.52. The number of alkyl halides is 3. The van der Waals surface area contributed by atoms with Gasteiger partial charge in [0.25, 0.3) is 0 Å². The van der Waals surface area contributed by atoms with Gasteiger partial charge in [-0.2, -0.15) is 13.2 Å². The summed E-state index contributed by atoms with van der Waals surface area (Å²) < 4.78 is 37.3. The molecule has 0 unspecified atom stereocenters. The Balaban J connectivity index is 2.28. The third-order valence-corrected chi connectivity index (χ3v) is 2.65. The molecule has 0 amide bonds. The van der Waals surface area contributed by atoms with E-state index in [2.05, 4.69) is 5.32 Å². The maximum absolute atomic E-state index is 12.4. The number of hydrogen-bond donors (Lipinski definition) is 2. The fraction of sp³-hybridized carbons (Fsp3) is 0.400. The van der Waals surface area contributed by atoms with Crippen LogP contribution in [0.15, 0.2) is 18.2 Å². The number of nitrogens with two attached hydrogens (primary N) is 1. The highest BCUT2D eigenvalue weighted by atomic mass is 19.4. The number of nitrogen functional groups attached to an aromatic ring is 1. The molecule has 2 rings (SSSR count). The summed E-state index contributed by atoms with van der Waals surface area (Å²) in [5.74, 6) is 0. The van der Waals surface area contributed by atoms with Crippen LogP contribution in [0.5, 0.6) is 0 Å². The molecular formula is C10H11F3N2. The standard InChI is InChI=1S/C10H11F3N2/c11-10(12,13)9-4-6-2-1-3-8(14)7(6)5-15-9/h1-3,9,15H,4-5,14H2/t9-/m1/s1. The molecule has 5 heteroatoms. The molecule has 15 heavy (non-hydrogen) atoms. The van der Waals surface area contributed by atoms with Gasteiger partial charge in [0, 0.05) is 12.2 Å². The zero-order chi connectivity index (χ0) is 11.1. The molecular weight excluding hydrogens is 205 g/mol. The predicted molar refractivity (Wildman–Crippen MR) is 51.2 cm³/mol. The van der Waals surface area contributed by atoms with Crippen LogP contribution in [0.2, 0.25) is 0 Å². The van der Waals surface area contributed by atoms with Gasteiger partial charge in [-0.25, -0.2) is 0 Å². The molecule has 1 aliphatic rings. The molecule has 0 spiro atoms. The summed E-state index contributed by atoms with van der Waals surface area (Å²) in [6.45, 7) is 0.187. The fourth-order valence-electron chi connectivity index (χ4n) is 1.81. The highest BCUT2D eigenvalue weighted by Crippen LogP contribution is 2.29. The van der Waals surface area contributed by atoms with Crippen LogP contribution in [-0.4, -0.2) is 12.2 Å². The second-order valence-corrected chi connectivity index (χ2v) is 3.66. The normalized spacial score (nSPS) is 21.1. The lowest BCUT2D eigenvalue weighted by Crippen LogP contribution is -2.46. The molecule has 0 saturated carbocycles. The minimum absolute atomic E-state index is 0.0378. The maximum atomic E-state index is 12.4. The van der Waals surface area contributed by atoms with Gasteiger partial charge in [0.15, 0.2) is 0 Å². The number of rotatable bonds is 0. The first kappa shape index (κ1) is 10.3. The van der Waals surface area contributed by atoms with Crippen molar-refractivity contribution in [1.29, 1.82) is 0 Å². The number of anilines is 1. The maximum Gasteiger partial charge on any atom is 0.404 e. The number of hydrogen-bond acceptors (Lipinski definition) is 2. The average molecular weight is 216 g/mol. The van der Waals surface area contributed by atoms with Crippen LogP contribution < -0.4 is 11.1 Å². The summed E-state index contributed by atoms with van der Waals surface area (Å²) in [7, 11) is 0. The Bertz CT molecular complexity index is 373. The van der Waals surface area contributed by atoms with Crippen LogP contribution in [0.3, 0.4) is 0 Å². The minimum atomic E-state index is -4.19. The van der Waals surface area contributed by atoms with Crippen molar-refractivity contribution >= 4 is 5.69 Å². The molecule has 1 heterocycles. The van der Waals surface area contributed by atoms with E-state index in [4.69, 9.17) is 5.73 Å². The topological polar surface area (TPSA) is 38.0 Å². The van der Waals surface area contributed by atoms with Gasteiger partial charge in [-0.05, 0) is 23.6 Å². The van der Waals surface area contributed by atoms with Crippen molar-refractivity contribution in [1.82, 2.24) is 5.32 Å². The number of halogens is 3. The lowest BCUT2D eigenvalue weighted by Gasteiger charge is -2.28. The summed E-state index contributed by atoms with van der Waals surface area (Å²) in [5.41, 5.74) is 7.71. The zero-order valence-electron chi connectivity index (χ0n) is 7.93. The summed E-state index contributed by atoms with van der Waals surface area (Å²) in [4.78, 5) is 0. The van der Waals surface area contributed by atoms with Crippen molar-refractivity contribution in [2.75, 3.05) is 5.73 Å². The van der Waals surface area contributed by atoms with Crippen molar-refractivity contribution in [3.8, 4) is 0 Å². The van der Waals surface area contributed by atoms with Gasteiger partial charge in [-0.3, -0.25) is 0 Å². The SMILES string of the molecule is Nc1cccc2c1CN[C@@H](C(F)(F)F)C2. The molecule has 2 nitrogen and oxygen atoms in total. The molecule has 1 atom stereocenters. The summed E-state index contributed by atoms with van der Waals surface area (Å²) in [5, 5.41) is 2.45. The predicted octanol–water partition coefficient (Wildman–Crippen LogP) is 1.85. The lowest BCUT2D eigenvalue weighted by molar-refractivity contribution is -0.157. The third kappa shape index (κ3) is 1.92. The lowest BCUT2D eigenvalue weighted by atomic mass is 9.94. The smallest absolute Gasteiger partial charge is 0.398 e. The van der Waals surface area contributed by atoms with Gasteiger partial charge in [-0.15, -0.1) is 0 Å². The molecule has 0 fully saturated rings. The van der Waals surface area contributed by atoms with E-state index in [1.807, 2.05) is 0 Å². The van der Waals surface area contributed by atoms with Crippen LogP contribution in [0.4, 0.5) is 18.9 Å². The molecule has 0 aromatic heterocycles. The van der Waals surface area contributed by atoms with E-state index in [0.717, 1.165) is 5.56 Å². The van der Waals surface area contributed by atoms with Crippen LogP contribution in [0, 0.1) is 0 Å². The Morgan fingerprint density at radius 2 is 2.07 bits per heavy atom. The highest BCUT2D eigenvalue weighted by Gasteiger charge is 2.41. The first-order valence-corrected chi connectivity index (χ1v) is 4.65. The largest absolute Gasteiger partial charge is 0.404 e. The van der Waals surface area contributed by atoms with Crippen molar-refractivity contribution in [3.63, 3.8) is 0 Å². The molecule has 0 aliphatic carbocycles. The average Bonchev–Trinajstić information content (AvgIpc) is 2.16. The third-order valence-electron chi connectivity index (χ3n) is 2.65. The van der Waals surface area contributed by atoms with Crippen LogP contribution >= 0.6 is 0 Å². The quantitative estimate of drug-likeness (QED) is 0.649. The van der Waals surface area contributed by atoms with Crippen molar-refractivity contribution in [3.05, 3.63) is 29.3 Å². The monoisotopic (exact) mass is 216 g/mol. The molecule has 1 aromatic carbocycles. The Hall–Kier alpha value is -1.23. The molecule has 0 saturated heterocycles. The number of nitrogens with one attached hydrogen (secondary N) is 1. The molecule has 3 N–H and O–H groups in total. The molecule has 0 radical (unpaired) electrons. The van der Waals surface area contributed by atoms with E-state index < -0.39 is 12.2 Å². The van der Waals surface area contributed by atoms with Crippen LogP contribution in [0.25, 0.3) is 0 Å². The van der Waals surface area contributed by atoms with Crippen LogP contribution in [0.1, 0.15) is 11.1 Å². The van der Waals surface area contributed by atoms with Gasteiger partial charge in [-0.1, -0.05) is 12.1 Å². The van der Waals surface area contributed by atoms with Gasteiger partial charge in [0.1, 0.15) is 6.04 Å². The van der Waals surface area contributed by atoms with E-state index in [1.54, 1.807) is 18.2 Å². The molecule has 82 valence electrons. The Kier molecular flexibility index (Phi) is 2.34. The molecule has 1 aliphatic heterocycles.